The second-order valence-corrected chi connectivity index (χ2v) is 6.81. The highest BCUT2D eigenvalue weighted by Crippen LogP contribution is 2.22. The molecule has 0 bridgehead atoms. The van der Waals surface area contributed by atoms with E-state index in [4.69, 9.17) is 10.1 Å². The molecule has 0 aromatic heterocycles. The van der Waals surface area contributed by atoms with Gasteiger partial charge in [-0.05, 0) is 13.8 Å². The lowest BCUT2D eigenvalue weighted by Gasteiger charge is -2.39. The van der Waals surface area contributed by atoms with Gasteiger partial charge >= 0.3 is 0 Å². The van der Waals surface area contributed by atoms with Crippen molar-refractivity contribution in [2.24, 2.45) is 5.41 Å². The number of nitrogens with zero attached hydrogens (tertiary/aromatic N) is 1. The minimum absolute atomic E-state index is 0.0666. The first-order chi connectivity index (χ1) is 9.55. The number of aliphatic hydroxyl groups is 1. The highest BCUT2D eigenvalue weighted by Gasteiger charge is 2.35. The predicted octanol–water partition coefficient (Wildman–Crippen LogP) is 1.68. The first-order valence-electron chi connectivity index (χ1n) is 7.19. The topological polar surface area (TPSA) is 85.7 Å². The number of aliphatic hydroxyl groups excluding tert-OH is 1. The summed E-state index contributed by atoms with van der Waals surface area (Å²) < 4.78 is 5.29. The molecule has 3 N–H and O–H groups in total. The highest BCUT2D eigenvalue weighted by molar-refractivity contribution is 6.05. The fourth-order valence-corrected chi connectivity index (χ4v) is 1.93. The average Bonchev–Trinajstić information content (AvgIpc) is 2.38. The quantitative estimate of drug-likeness (QED) is 0.420. The summed E-state index contributed by atoms with van der Waals surface area (Å²) in [4.78, 5) is 14.4. The minimum Gasteiger partial charge on any atom is -0.512 e. The molecule has 21 heavy (non-hydrogen) atoms. The molecule has 0 atom stereocenters. The molecule has 0 saturated carbocycles. The molecule has 120 valence electrons. The fraction of sp³-hybridized carbons (Fsp3) is 0.733. The van der Waals surface area contributed by atoms with Gasteiger partial charge in [-0.3, -0.25) is 15.1 Å². The van der Waals surface area contributed by atoms with Crippen LogP contribution in [0.3, 0.4) is 0 Å². The Morgan fingerprint density at radius 1 is 1.24 bits per heavy atom. The van der Waals surface area contributed by atoms with E-state index in [9.17, 15) is 9.90 Å². The van der Waals surface area contributed by atoms with Gasteiger partial charge in [-0.2, -0.15) is 0 Å². The monoisotopic (exact) mass is 297 g/mol. The molecular formula is C15H27N3O3. The smallest absolute Gasteiger partial charge is 0.245 e. The maximum absolute atomic E-state index is 12.4. The first-order valence-corrected chi connectivity index (χ1v) is 7.19. The first kappa shape index (κ1) is 17.7. The number of amidine groups is 1. The molecule has 6 heteroatoms. The van der Waals surface area contributed by atoms with Crippen molar-refractivity contribution >= 4 is 11.7 Å². The molecule has 0 radical (unpaired) electrons. The lowest BCUT2D eigenvalue weighted by atomic mass is 9.93. The van der Waals surface area contributed by atoms with Gasteiger partial charge in [0, 0.05) is 24.6 Å². The molecule has 1 heterocycles. The number of rotatable bonds is 3. The highest BCUT2D eigenvalue weighted by atomic mass is 16.5. The number of nitrogens with one attached hydrogen (secondary N) is 2. The molecule has 0 aromatic carbocycles. The van der Waals surface area contributed by atoms with Crippen LogP contribution in [0.4, 0.5) is 0 Å². The summed E-state index contributed by atoms with van der Waals surface area (Å²) in [6, 6.07) is 0. The molecule has 0 spiro atoms. The van der Waals surface area contributed by atoms with Crippen LogP contribution in [0.5, 0.6) is 0 Å². The third kappa shape index (κ3) is 4.82. The summed E-state index contributed by atoms with van der Waals surface area (Å²) >= 11 is 0. The third-order valence-electron chi connectivity index (χ3n) is 3.66. The van der Waals surface area contributed by atoms with Crippen LogP contribution < -0.4 is 5.32 Å². The predicted molar refractivity (Wildman–Crippen MR) is 82.5 cm³/mol. The van der Waals surface area contributed by atoms with Crippen molar-refractivity contribution in [3.05, 3.63) is 11.8 Å². The van der Waals surface area contributed by atoms with Crippen LogP contribution in [0, 0.1) is 10.8 Å². The maximum atomic E-state index is 12.4. The van der Waals surface area contributed by atoms with E-state index in [0.29, 0.717) is 26.3 Å². The minimum atomic E-state index is -0.721. The zero-order valence-corrected chi connectivity index (χ0v) is 13.6. The van der Waals surface area contributed by atoms with E-state index in [1.54, 1.807) is 0 Å². The van der Waals surface area contributed by atoms with Crippen LogP contribution in [0.2, 0.25) is 0 Å². The van der Waals surface area contributed by atoms with E-state index in [0.717, 1.165) is 0 Å². The van der Waals surface area contributed by atoms with Crippen LogP contribution in [0.15, 0.2) is 11.8 Å². The molecule has 1 aliphatic heterocycles. The van der Waals surface area contributed by atoms with Crippen LogP contribution in [0.1, 0.15) is 34.6 Å². The van der Waals surface area contributed by atoms with E-state index in [2.05, 4.69) is 5.32 Å². The summed E-state index contributed by atoms with van der Waals surface area (Å²) in [7, 11) is 0. The molecule has 1 fully saturated rings. The van der Waals surface area contributed by atoms with E-state index < -0.39 is 11.0 Å². The number of morpholine rings is 1. The SMILES string of the molecule is CC(C)(C)/C(O)=C/C(=N)NC(=O)C(C)(C)N1CCOCC1. The Morgan fingerprint density at radius 2 is 1.76 bits per heavy atom. The van der Waals surface area contributed by atoms with Crippen molar-refractivity contribution in [2.45, 2.75) is 40.2 Å². The van der Waals surface area contributed by atoms with Gasteiger partial charge in [0.2, 0.25) is 5.91 Å². The molecule has 1 amide bonds. The molecule has 1 saturated heterocycles. The van der Waals surface area contributed by atoms with E-state index >= 15 is 0 Å². The molecule has 6 nitrogen and oxygen atoms in total. The number of hydrogen-bond donors (Lipinski definition) is 3. The average molecular weight is 297 g/mol. The number of carbonyl (C=O) groups excluding carboxylic acids is 1. The fourth-order valence-electron chi connectivity index (χ4n) is 1.93. The summed E-state index contributed by atoms with van der Waals surface area (Å²) in [5.41, 5.74) is -1.17. The molecule has 0 aromatic rings. The zero-order chi connectivity index (χ0) is 16.3. The Hall–Kier alpha value is -1.40. The molecule has 0 aliphatic carbocycles. The van der Waals surface area contributed by atoms with Crippen LogP contribution in [0.25, 0.3) is 0 Å². The van der Waals surface area contributed by atoms with Crippen molar-refractivity contribution < 1.29 is 14.6 Å². The molecule has 0 unspecified atom stereocenters. The van der Waals surface area contributed by atoms with Gasteiger partial charge in [0.15, 0.2) is 0 Å². The van der Waals surface area contributed by atoms with E-state index in [-0.39, 0.29) is 17.5 Å². The summed E-state index contributed by atoms with van der Waals surface area (Å²) in [5, 5.41) is 20.2. The van der Waals surface area contributed by atoms with Crippen LogP contribution in [-0.2, 0) is 9.53 Å². The van der Waals surface area contributed by atoms with Gasteiger partial charge in [0.25, 0.3) is 0 Å². The van der Waals surface area contributed by atoms with Crippen LogP contribution in [-0.4, -0.2) is 53.6 Å². The normalized spacial score (nSPS) is 18.4. The van der Waals surface area contributed by atoms with Gasteiger partial charge in [-0.15, -0.1) is 0 Å². The van der Waals surface area contributed by atoms with Crippen molar-refractivity contribution in [3.63, 3.8) is 0 Å². The number of carbonyl (C=O) groups is 1. The number of ether oxygens (including phenoxy) is 1. The third-order valence-corrected chi connectivity index (χ3v) is 3.66. The zero-order valence-electron chi connectivity index (χ0n) is 13.6. The number of allylic oxidation sites excluding steroid dienone is 1. The lowest BCUT2D eigenvalue weighted by molar-refractivity contribution is -0.133. The van der Waals surface area contributed by atoms with E-state index in [1.165, 1.54) is 6.08 Å². The van der Waals surface area contributed by atoms with Gasteiger partial charge in [0.1, 0.15) is 11.6 Å². The summed E-state index contributed by atoms with van der Waals surface area (Å²) in [6.07, 6.45) is 1.29. The van der Waals surface area contributed by atoms with Crippen molar-refractivity contribution in [2.75, 3.05) is 26.3 Å². The molecule has 1 aliphatic rings. The van der Waals surface area contributed by atoms with Gasteiger partial charge in [-0.1, -0.05) is 20.8 Å². The van der Waals surface area contributed by atoms with Gasteiger partial charge in [0.05, 0.1) is 18.8 Å². The molecular weight excluding hydrogens is 270 g/mol. The lowest BCUT2D eigenvalue weighted by Crippen LogP contribution is -2.58. The molecule has 1 rings (SSSR count). The Balaban J connectivity index is 2.69. The number of hydrogen-bond acceptors (Lipinski definition) is 5. The Morgan fingerprint density at radius 3 is 2.24 bits per heavy atom. The van der Waals surface area contributed by atoms with Crippen molar-refractivity contribution in [1.82, 2.24) is 10.2 Å². The second-order valence-electron chi connectivity index (χ2n) is 6.81. The Labute approximate surface area is 126 Å². The summed E-state index contributed by atoms with van der Waals surface area (Å²) in [6.45, 7) is 11.8. The maximum Gasteiger partial charge on any atom is 0.245 e. The van der Waals surface area contributed by atoms with Gasteiger partial charge < -0.3 is 15.2 Å². The Bertz CT molecular complexity index is 430. The second kappa shape index (κ2) is 6.58. The largest absolute Gasteiger partial charge is 0.512 e. The van der Waals surface area contributed by atoms with Gasteiger partial charge in [-0.25, -0.2) is 0 Å². The summed E-state index contributed by atoms with van der Waals surface area (Å²) in [5.74, 6) is -0.293. The number of amides is 1. The van der Waals surface area contributed by atoms with Crippen molar-refractivity contribution in [3.8, 4) is 0 Å². The van der Waals surface area contributed by atoms with Crippen LogP contribution >= 0.6 is 0 Å². The van der Waals surface area contributed by atoms with Crippen molar-refractivity contribution in [1.29, 1.82) is 5.41 Å². The Kier molecular flexibility index (Phi) is 5.53. The van der Waals surface area contributed by atoms with E-state index in [1.807, 2.05) is 39.5 Å². The standard InChI is InChI=1S/C15H27N3O3/c1-14(2,3)11(19)10-12(16)17-13(20)15(4,5)18-6-8-21-9-7-18/h10,19H,6-9H2,1-5H3,(H2,16,17,20)/b11-10-.